The maximum Gasteiger partial charge on any atom is 0.223 e. The number of aromatic nitrogens is 18. The third kappa shape index (κ3) is 16.3. The lowest BCUT2D eigenvalue weighted by atomic mass is 10.1. The number of nitrogens with zero attached hydrogens (tertiary/aromatic N) is 18. The number of ether oxygens (including phenoxy) is 3. The molecule has 18 aromatic rings. The Balaban J connectivity index is 0.000000121. The Bertz CT molecular complexity index is 6910. The third-order valence-corrected chi connectivity index (χ3v) is 22.4. The summed E-state index contributed by atoms with van der Waals surface area (Å²) in [5, 5.41) is 16.0. The zero-order chi connectivity index (χ0) is 83.3. The number of imidazole rings is 3. The van der Waals surface area contributed by atoms with Gasteiger partial charge in [-0.1, -0.05) is 74.9 Å². The van der Waals surface area contributed by atoms with Crippen LogP contribution in [0.3, 0.4) is 0 Å². The second-order valence-corrected chi connectivity index (χ2v) is 30.4. The molecule has 3 unspecified atom stereocenters. The predicted molar refractivity (Wildman–Crippen MR) is 472 cm³/mol. The van der Waals surface area contributed by atoms with Crippen LogP contribution in [0.2, 0.25) is 0 Å². The summed E-state index contributed by atoms with van der Waals surface area (Å²) in [5.74, 6) is 5.36. The number of halogens is 3. The van der Waals surface area contributed by atoms with Crippen molar-refractivity contribution in [1.82, 2.24) is 88.5 Å². The van der Waals surface area contributed by atoms with Gasteiger partial charge in [0.2, 0.25) is 35.5 Å². The Hall–Kier alpha value is -14.8. The highest BCUT2D eigenvalue weighted by Gasteiger charge is 2.36. The standard InChI is InChI=1S/C33H30FN7O.C32H28FN7O.C31H26FN7O/c1-2-3-17-36-33-37-19-16-26(38-33)32-31(23-8-11-24(34)12-9-23)39-27-14-13-25(41(27)32)20-42-28-15-10-22-7-6-21-5-4-18-35-29(21)30(22)40-28;1-2-16-35-32-36-18-15-25(37-32)31-30(22-7-10-23(33)11-8-22)38-26-13-12-24(40(26)31)19-41-27-14-9-21-6-5-20-4-3-17-34-28(20)29(21)39-27;1-2-33-31-35-17-15-24(36-31)30-29(21-7-10-22(32)11-8-21)37-25-13-12-23(39(25)30)18-40-26-14-9-20-6-5-19-4-3-16-34-27(19)28(20)38-26/h4-12,15-16,18-19,25H,2-3,13-14,17,20H2,1H3,(H,36,37,38);3-11,14-15,17-18,24H,2,12-13,16,19H2,1H3,(H,35,36,37);3-11,14-17,23H,2,12-13,18H2,1H3,(H,33,35,36). The van der Waals surface area contributed by atoms with Crippen LogP contribution in [0.25, 0.3) is 133 Å². The van der Waals surface area contributed by atoms with Gasteiger partial charge in [0, 0.05) is 143 Å². The number of pyridine rings is 6. The minimum Gasteiger partial charge on any atom is -0.475 e. The first-order valence-electron chi connectivity index (χ1n) is 41.7. The molecule has 0 fully saturated rings. The first-order chi connectivity index (χ1) is 60.5. The molecule has 3 aliphatic rings. The van der Waals surface area contributed by atoms with Gasteiger partial charge in [-0.25, -0.2) is 73.0 Å². The highest BCUT2D eigenvalue weighted by molar-refractivity contribution is 6.05. The smallest absolute Gasteiger partial charge is 0.223 e. The number of nitrogens with one attached hydrogen (secondary N) is 3. The third-order valence-electron chi connectivity index (χ3n) is 22.4. The Labute approximate surface area is 705 Å². The van der Waals surface area contributed by atoms with Crippen LogP contribution in [0.5, 0.6) is 17.6 Å². The summed E-state index contributed by atoms with van der Waals surface area (Å²) in [6, 6.07) is 61.1. The molecule has 24 nitrogen and oxygen atoms in total. The number of anilines is 3. The van der Waals surface area contributed by atoms with E-state index in [1.165, 1.54) is 36.4 Å². The largest absolute Gasteiger partial charge is 0.475 e. The van der Waals surface area contributed by atoms with Crippen molar-refractivity contribution in [2.75, 3.05) is 55.4 Å². The normalized spacial score (nSPS) is 14.4. The van der Waals surface area contributed by atoms with E-state index in [4.69, 9.17) is 59.1 Å². The molecule has 21 rings (SSSR count). The molecule has 15 heterocycles. The SMILES string of the molecule is CCCCNc1nccc(-c2c(-c3ccc(F)cc3)nc3n2C(COc2ccc4ccc5cccnc5c4n2)CC3)n1.CCCNc1nccc(-c2c(-c3ccc(F)cc3)nc3n2C(COc2ccc4ccc5cccnc5c4n2)CC3)n1.CCNc1nccc(-c2c(-c3ccc(F)cc3)nc3n2C(COc2ccc4ccc5cccnc5c4n2)CC3)n1. The minimum absolute atomic E-state index is 0.0197. The number of hydrogen-bond donors (Lipinski definition) is 3. The van der Waals surface area contributed by atoms with Gasteiger partial charge >= 0.3 is 0 Å². The first kappa shape index (κ1) is 78.1. The van der Waals surface area contributed by atoms with Crippen molar-refractivity contribution >= 4 is 83.3 Å². The summed E-state index contributed by atoms with van der Waals surface area (Å²) in [4.78, 5) is 70.9. The number of fused-ring (bicyclic) bond motifs is 12. The van der Waals surface area contributed by atoms with E-state index in [9.17, 15) is 13.2 Å². The second-order valence-electron chi connectivity index (χ2n) is 30.4. The van der Waals surface area contributed by atoms with Crippen molar-refractivity contribution in [1.29, 1.82) is 0 Å². The summed E-state index contributed by atoms with van der Waals surface area (Å²) in [7, 11) is 0. The second kappa shape index (κ2) is 34.9. The molecule has 612 valence electrons. The first-order valence-corrected chi connectivity index (χ1v) is 41.7. The maximum atomic E-state index is 13.8. The summed E-state index contributed by atoms with van der Waals surface area (Å²) >= 11 is 0. The van der Waals surface area contributed by atoms with Crippen LogP contribution in [0.1, 0.15) is 94.9 Å². The Morgan fingerprint density at radius 3 is 0.959 bits per heavy atom. The maximum absolute atomic E-state index is 13.8. The minimum atomic E-state index is -0.286. The highest BCUT2D eigenvalue weighted by Crippen LogP contribution is 2.44. The molecule has 3 atom stereocenters. The molecule has 0 spiro atoms. The van der Waals surface area contributed by atoms with Crippen LogP contribution in [0, 0.1) is 17.5 Å². The molecule has 123 heavy (non-hydrogen) atoms. The molecule has 3 N–H and O–H groups in total. The Morgan fingerprint density at radius 1 is 0.317 bits per heavy atom. The van der Waals surface area contributed by atoms with Crippen molar-refractivity contribution in [3.63, 3.8) is 0 Å². The zero-order valence-corrected chi connectivity index (χ0v) is 67.8. The summed E-state index contributed by atoms with van der Waals surface area (Å²) < 4.78 is 67.0. The molecule has 0 amide bonds. The van der Waals surface area contributed by atoms with Gasteiger partial charge in [-0.3, -0.25) is 15.0 Å². The molecular formula is C96H84F3N21O3. The van der Waals surface area contributed by atoms with Gasteiger partial charge in [0.1, 0.15) is 71.3 Å². The van der Waals surface area contributed by atoms with E-state index >= 15 is 0 Å². The topological polar surface area (TPSA) is 272 Å². The van der Waals surface area contributed by atoms with Crippen molar-refractivity contribution in [3.8, 4) is 85.6 Å². The van der Waals surface area contributed by atoms with E-state index in [0.29, 0.717) is 61.9 Å². The summed E-state index contributed by atoms with van der Waals surface area (Å²) in [5.41, 5.74) is 14.7. The van der Waals surface area contributed by atoms with Crippen LogP contribution < -0.4 is 30.2 Å². The predicted octanol–water partition coefficient (Wildman–Crippen LogP) is 19.9. The zero-order valence-electron chi connectivity index (χ0n) is 67.8. The van der Waals surface area contributed by atoms with E-state index in [1.54, 1.807) is 73.6 Å². The summed E-state index contributed by atoms with van der Waals surface area (Å²) in [6.07, 6.45) is 18.7. The lowest BCUT2D eigenvalue weighted by Gasteiger charge is -2.18. The Morgan fingerprint density at radius 2 is 0.634 bits per heavy atom. The van der Waals surface area contributed by atoms with Crippen molar-refractivity contribution in [3.05, 3.63) is 272 Å². The number of rotatable bonds is 24. The molecule has 3 aliphatic heterocycles. The van der Waals surface area contributed by atoms with E-state index in [1.807, 2.05) is 97.9 Å². The molecule has 0 saturated carbocycles. The molecule has 6 aromatic carbocycles. The fraction of sp³-hybridized carbons (Fsp3) is 0.219. The van der Waals surface area contributed by atoms with E-state index in [2.05, 4.69) is 110 Å². The number of benzene rings is 6. The number of aryl methyl sites for hydroxylation is 3. The fourth-order valence-electron chi connectivity index (χ4n) is 16.5. The quantitative estimate of drug-likeness (QED) is 0.0374. The van der Waals surface area contributed by atoms with Crippen LogP contribution in [0.4, 0.5) is 31.0 Å². The van der Waals surface area contributed by atoms with Gasteiger partial charge in [-0.05, 0) is 166 Å². The van der Waals surface area contributed by atoms with E-state index < -0.39 is 0 Å². The van der Waals surface area contributed by atoms with E-state index in [0.717, 1.165) is 222 Å². The van der Waals surface area contributed by atoms with Crippen LogP contribution >= 0.6 is 0 Å². The molecule has 12 aromatic heterocycles. The lowest BCUT2D eigenvalue weighted by molar-refractivity contribution is 0.248. The monoisotopic (exact) mass is 1640 g/mol. The lowest BCUT2D eigenvalue weighted by Crippen LogP contribution is -2.16. The number of unbranched alkanes of at least 4 members (excludes halogenated alkanes) is 1. The van der Waals surface area contributed by atoms with Gasteiger partial charge in [-0.2, -0.15) is 0 Å². The van der Waals surface area contributed by atoms with Gasteiger partial charge in [0.25, 0.3) is 0 Å². The van der Waals surface area contributed by atoms with Crippen LogP contribution in [0.15, 0.2) is 237 Å². The molecule has 0 saturated heterocycles. The molecule has 0 bridgehead atoms. The van der Waals surface area contributed by atoms with Gasteiger partial charge in [-0.15, -0.1) is 0 Å². The highest BCUT2D eigenvalue weighted by atomic mass is 19.1. The van der Waals surface area contributed by atoms with Crippen molar-refractivity contribution < 1.29 is 27.4 Å². The average molecular weight is 1640 g/mol. The molecule has 27 heteroatoms. The summed E-state index contributed by atoms with van der Waals surface area (Å²) in [6.45, 7) is 9.79. The van der Waals surface area contributed by atoms with Gasteiger partial charge in [0.05, 0.1) is 85.9 Å². The van der Waals surface area contributed by atoms with Crippen LogP contribution in [-0.2, 0) is 19.3 Å². The average Bonchev–Trinajstić information content (AvgIpc) is 1.56. The van der Waals surface area contributed by atoms with Crippen molar-refractivity contribution in [2.24, 2.45) is 0 Å². The Kier molecular flexibility index (Phi) is 22.2. The van der Waals surface area contributed by atoms with Gasteiger partial charge < -0.3 is 43.9 Å². The molecule has 0 aliphatic carbocycles. The number of hydrogen-bond acceptors (Lipinski definition) is 21. The van der Waals surface area contributed by atoms with Crippen molar-refractivity contribution in [2.45, 2.75) is 96.7 Å². The molecule has 0 radical (unpaired) electrons. The van der Waals surface area contributed by atoms with Gasteiger partial charge in [0.15, 0.2) is 0 Å². The molecular weight excluding hydrogens is 1550 g/mol. The van der Waals surface area contributed by atoms with Crippen LogP contribution in [-0.4, -0.2) is 128 Å². The fourth-order valence-corrected chi connectivity index (χ4v) is 16.5. The van der Waals surface area contributed by atoms with E-state index in [-0.39, 0.29) is 35.6 Å².